The van der Waals surface area contributed by atoms with E-state index in [2.05, 4.69) is 0 Å². The van der Waals surface area contributed by atoms with Crippen molar-refractivity contribution in [2.45, 2.75) is 13.3 Å². The fourth-order valence-electron chi connectivity index (χ4n) is 2.22. The summed E-state index contributed by atoms with van der Waals surface area (Å²) >= 11 is 5.81. The molecule has 2 aromatic carbocycles. The van der Waals surface area contributed by atoms with Gasteiger partial charge in [0.2, 0.25) is 0 Å². The molecule has 0 atom stereocenters. The monoisotopic (exact) mass is 374 g/mol. The molecule has 0 fully saturated rings. The number of halogens is 2. The average Bonchev–Trinajstić information content (AvgIpc) is 2.61. The predicted octanol–water partition coefficient (Wildman–Crippen LogP) is 3.89. The fourth-order valence-corrected chi connectivity index (χ4v) is 2.47. The average molecular weight is 375 g/mol. The minimum atomic E-state index is -0.826. The van der Waals surface area contributed by atoms with Gasteiger partial charge >= 0.3 is 5.97 Å². The Morgan fingerprint density at radius 1 is 1.23 bits per heavy atom. The molecule has 0 saturated carbocycles. The second kappa shape index (κ2) is 8.97. The van der Waals surface area contributed by atoms with Crippen LogP contribution in [0.1, 0.15) is 22.3 Å². The molecule has 0 aliphatic heterocycles. The lowest BCUT2D eigenvalue weighted by Crippen LogP contribution is -2.35. The predicted molar refractivity (Wildman–Crippen MR) is 95.5 cm³/mol. The largest absolute Gasteiger partial charge is 0.452 e. The van der Waals surface area contributed by atoms with Crippen molar-refractivity contribution in [3.63, 3.8) is 0 Å². The van der Waals surface area contributed by atoms with Gasteiger partial charge in [-0.3, -0.25) is 4.79 Å². The van der Waals surface area contributed by atoms with E-state index in [1.54, 1.807) is 12.1 Å². The number of nitrogens with zero attached hydrogens (tertiary/aromatic N) is 2. The molecule has 0 aliphatic carbocycles. The smallest absolute Gasteiger partial charge is 0.340 e. The lowest BCUT2D eigenvalue weighted by Gasteiger charge is -2.22. The summed E-state index contributed by atoms with van der Waals surface area (Å²) in [6, 6.07) is 12.4. The van der Waals surface area contributed by atoms with Crippen LogP contribution in [0.25, 0.3) is 0 Å². The molecule has 0 bridgehead atoms. The van der Waals surface area contributed by atoms with E-state index in [4.69, 9.17) is 21.6 Å². The lowest BCUT2D eigenvalue weighted by molar-refractivity contribution is -0.121. The number of rotatable bonds is 6. The van der Waals surface area contributed by atoms with Gasteiger partial charge in [0, 0.05) is 12.2 Å². The number of hydrogen-bond donors (Lipinski definition) is 0. The molecule has 0 spiro atoms. The highest BCUT2D eigenvalue weighted by molar-refractivity contribution is 6.33. The zero-order valence-electron chi connectivity index (χ0n) is 14.0. The standard InChI is InChI=1S/C19H16ClFN2O3/c1-13-3-6-15(7-4-13)23(10-2-9-22)18(24)12-26-19(25)16-8-5-14(21)11-17(16)20/h3-8,11H,2,10,12H2,1H3. The van der Waals surface area contributed by atoms with Gasteiger partial charge in [-0.05, 0) is 37.3 Å². The van der Waals surface area contributed by atoms with E-state index in [1.165, 1.54) is 11.0 Å². The molecular formula is C19H16ClFN2O3. The number of amides is 1. The van der Waals surface area contributed by atoms with Gasteiger partial charge < -0.3 is 9.64 Å². The van der Waals surface area contributed by atoms with E-state index < -0.39 is 24.3 Å². The van der Waals surface area contributed by atoms with Crippen LogP contribution in [0.4, 0.5) is 10.1 Å². The number of hydrogen-bond acceptors (Lipinski definition) is 4. The number of nitriles is 1. The lowest BCUT2D eigenvalue weighted by atomic mass is 10.2. The van der Waals surface area contributed by atoms with Crippen LogP contribution in [-0.4, -0.2) is 25.0 Å². The van der Waals surface area contributed by atoms with Gasteiger partial charge in [0.1, 0.15) is 5.82 Å². The van der Waals surface area contributed by atoms with Crippen LogP contribution in [0, 0.1) is 24.1 Å². The molecule has 7 heteroatoms. The number of carbonyl (C=O) groups excluding carboxylic acids is 2. The third-order valence-electron chi connectivity index (χ3n) is 3.57. The SMILES string of the molecule is Cc1ccc(N(CCC#N)C(=O)COC(=O)c2ccc(F)cc2Cl)cc1. The van der Waals surface area contributed by atoms with Gasteiger partial charge in [0.25, 0.3) is 5.91 Å². The third kappa shape index (κ3) is 5.04. The summed E-state index contributed by atoms with van der Waals surface area (Å²) in [4.78, 5) is 25.9. The Kier molecular flexibility index (Phi) is 6.70. The summed E-state index contributed by atoms with van der Waals surface area (Å²) in [5.74, 6) is -1.88. The molecule has 0 radical (unpaired) electrons. The topological polar surface area (TPSA) is 70.4 Å². The van der Waals surface area contributed by atoms with Crippen molar-refractivity contribution in [1.82, 2.24) is 0 Å². The van der Waals surface area contributed by atoms with Crippen molar-refractivity contribution >= 4 is 29.2 Å². The van der Waals surface area contributed by atoms with Gasteiger partial charge in [0.05, 0.1) is 23.1 Å². The van der Waals surface area contributed by atoms with Crippen LogP contribution < -0.4 is 4.90 Å². The van der Waals surface area contributed by atoms with Crippen LogP contribution in [0.5, 0.6) is 0 Å². The van der Waals surface area contributed by atoms with Crippen molar-refractivity contribution in [1.29, 1.82) is 5.26 Å². The maximum atomic E-state index is 13.0. The Morgan fingerprint density at radius 3 is 2.54 bits per heavy atom. The number of benzene rings is 2. The van der Waals surface area contributed by atoms with Crippen molar-refractivity contribution < 1.29 is 18.7 Å². The van der Waals surface area contributed by atoms with E-state index >= 15 is 0 Å². The summed E-state index contributed by atoms with van der Waals surface area (Å²) in [7, 11) is 0. The maximum Gasteiger partial charge on any atom is 0.340 e. The molecule has 0 aromatic heterocycles. The molecule has 0 N–H and O–H groups in total. The maximum absolute atomic E-state index is 13.0. The zero-order chi connectivity index (χ0) is 19.1. The van der Waals surface area contributed by atoms with Gasteiger partial charge in [-0.1, -0.05) is 29.3 Å². The molecule has 5 nitrogen and oxygen atoms in total. The van der Waals surface area contributed by atoms with Crippen LogP contribution >= 0.6 is 11.6 Å². The van der Waals surface area contributed by atoms with Crippen molar-refractivity contribution in [3.8, 4) is 6.07 Å². The Hall–Kier alpha value is -2.91. The molecule has 134 valence electrons. The quantitative estimate of drug-likeness (QED) is 0.719. The fraction of sp³-hybridized carbons (Fsp3) is 0.211. The molecule has 2 rings (SSSR count). The highest BCUT2D eigenvalue weighted by Gasteiger charge is 2.19. The van der Waals surface area contributed by atoms with Crippen molar-refractivity contribution in [2.75, 3.05) is 18.1 Å². The van der Waals surface area contributed by atoms with Crippen molar-refractivity contribution in [3.05, 3.63) is 64.4 Å². The summed E-state index contributed by atoms with van der Waals surface area (Å²) < 4.78 is 18.0. The minimum absolute atomic E-state index is 0.0280. The Balaban J connectivity index is 2.07. The van der Waals surface area contributed by atoms with Gasteiger partial charge in [-0.15, -0.1) is 0 Å². The molecule has 26 heavy (non-hydrogen) atoms. The zero-order valence-corrected chi connectivity index (χ0v) is 14.8. The van der Waals surface area contributed by atoms with Gasteiger partial charge in [-0.2, -0.15) is 5.26 Å². The molecule has 0 saturated heterocycles. The minimum Gasteiger partial charge on any atom is -0.452 e. The van der Waals surface area contributed by atoms with E-state index in [9.17, 15) is 14.0 Å². The summed E-state index contributed by atoms with van der Waals surface area (Å²) in [6.07, 6.45) is 0.136. The molecule has 1 amide bonds. The number of carbonyl (C=O) groups is 2. The van der Waals surface area contributed by atoms with Gasteiger partial charge in [-0.25, -0.2) is 9.18 Å². The number of esters is 1. The molecule has 0 aliphatic rings. The first-order valence-corrected chi connectivity index (χ1v) is 8.16. The van der Waals surface area contributed by atoms with E-state index in [1.807, 2.05) is 25.1 Å². The van der Waals surface area contributed by atoms with Crippen LogP contribution in [0.3, 0.4) is 0 Å². The second-order valence-electron chi connectivity index (χ2n) is 5.49. The first-order chi connectivity index (χ1) is 12.4. The Bertz CT molecular complexity index is 847. The summed E-state index contributed by atoms with van der Waals surface area (Å²) in [5.41, 5.74) is 1.60. The second-order valence-corrected chi connectivity index (χ2v) is 5.90. The van der Waals surface area contributed by atoms with Crippen LogP contribution in [0.15, 0.2) is 42.5 Å². The Morgan fingerprint density at radius 2 is 1.92 bits per heavy atom. The molecular weight excluding hydrogens is 359 g/mol. The first-order valence-electron chi connectivity index (χ1n) is 7.78. The molecule has 2 aromatic rings. The van der Waals surface area contributed by atoms with E-state index in [0.717, 1.165) is 17.7 Å². The third-order valence-corrected chi connectivity index (χ3v) is 3.88. The first kappa shape index (κ1) is 19.4. The Labute approximate surface area is 155 Å². The number of ether oxygens (including phenoxy) is 1. The van der Waals surface area contributed by atoms with Crippen molar-refractivity contribution in [2.24, 2.45) is 0 Å². The summed E-state index contributed by atoms with van der Waals surface area (Å²) in [6.45, 7) is 1.57. The van der Waals surface area contributed by atoms with E-state index in [-0.39, 0.29) is 23.6 Å². The van der Waals surface area contributed by atoms with Gasteiger partial charge in [0.15, 0.2) is 6.61 Å². The van der Waals surface area contributed by atoms with Crippen LogP contribution in [-0.2, 0) is 9.53 Å². The van der Waals surface area contributed by atoms with E-state index in [0.29, 0.717) is 5.69 Å². The normalized spacial score (nSPS) is 10.1. The summed E-state index contributed by atoms with van der Waals surface area (Å²) in [5, 5.41) is 8.69. The highest BCUT2D eigenvalue weighted by atomic mass is 35.5. The number of anilines is 1. The molecule has 0 heterocycles. The highest BCUT2D eigenvalue weighted by Crippen LogP contribution is 2.19. The molecule has 0 unspecified atom stereocenters. The van der Waals surface area contributed by atoms with Crippen LogP contribution in [0.2, 0.25) is 5.02 Å². The number of aryl methyl sites for hydroxylation is 1.